The van der Waals surface area contributed by atoms with E-state index in [4.69, 9.17) is 0 Å². The number of nitrogens with one attached hydrogen (secondary N) is 1. The number of carbonyl (C=O) groups excluding carboxylic acids is 1. The van der Waals surface area contributed by atoms with Crippen LogP contribution < -0.4 is 10.4 Å². The van der Waals surface area contributed by atoms with Gasteiger partial charge in [-0.3, -0.25) is 4.98 Å². The zero-order chi connectivity index (χ0) is 14.7. The smallest absolute Gasteiger partial charge is 0.187 e. The second kappa shape index (κ2) is 5.72. The molecule has 21 heavy (non-hydrogen) atoms. The van der Waals surface area contributed by atoms with Crippen LogP contribution in [-0.2, 0) is 0 Å². The largest absolute Gasteiger partial charge is 0.545 e. The van der Waals surface area contributed by atoms with Crippen LogP contribution in [0.1, 0.15) is 10.4 Å². The first-order valence-corrected chi connectivity index (χ1v) is 7.05. The number of hydrogen-bond donors (Lipinski definition) is 1. The van der Waals surface area contributed by atoms with Crippen molar-refractivity contribution in [3.8, 4) is 11.3 Å². The summed E-state index contributed by atoms with van der Waals surface area (Å²) < 4.78 is 0. The van der Waals surface area contributed by atoms with E-state index >= 15 is 0 Å². The Bertz CT molecular complexity index is 771. The van der Waals surface area contributed by atoms with Crippen LogP contribution in [-0.4, -0.2) is 15.9 Å². The van der Waals surface area contributed by atoms with Gasteiger partial charge in [0, 0.05) is 29.0 Å². The number of hydrogen-bond acceptors (Lipinski definition) is 6. The van der Waals surface area contributed by atoms with Crippen molar-refractivity contribution >= 4 is 28.1 Å². The number of carboxylic acid groups (broad SMARTS) is 1. The minimum atomic E-state index is -1.20. The molecule has 0 spiro atoms. The van der Waals surface area contributed by atoms with Crippen molar-refractivity contribution < 1.29 is 9.90 Å². The Kier molecular flexibility index (Phi) is 3.61. The van der Waals surface area contributed by atoms with E-state index in [1.165, 1.54) is 23.5 Å². The Morgan fingerprint density at radius 2 is 2.00 bits per heavy atom. The molecule has 2 aromatic heterocycles. The molecule has 0 bridgehead atoms. The molecule has 1 aromatic carbocycles. The van der Waals surface area contributed by atoms with Crippen LogP contribution >= 0.6 is 11.3 Å². The van der Waals surface area contributed by atoms with Crippen LogP contribution in [0.5, 0.6) is 0 Å². The van der Waals surface area contributed by atoms with Gasteiger partial charge in [-0.25, -0.2) is 4.98 Å². The van der Waals surface area contributed by atoms with Gasteiger partial charge >= 0.3 is 0 Å². The molecule has 3 aromatic rings. The Labute approximate surface area is 124 Å². The van der Waals surface area contributed by atoms with Crippen LogP contribution in [0.15, 0.2) is 54.2 Å². The summed E-state index contributed by atoms with van der Waals surface area (Å²) in [6.45, 7) is 0. The SMILES string of the molecule is O=C([O-])c1cccc(Nc2nc(-c3ccncc3)cs2)c1. The van der Waals surface area contributed by atoms with E-state index in [2.05, 4.69) is 15.3 Å². The lowest BCUT2D eigenvalue weighted by molar-refractivity contribution is -0.255. The van der Waals surface area contributed by atoms with Gasteiger partial charge in [-0.2, -0.15) is 0 Å². The molecule has 0 amide bonds. The molecule has 0 atom stereocenters. The van der Waals surface area contributed by atoms with Crippen molar-refractivity contribution in [3.05, 3.63) is 59.7 Å². The van der Waals surface area contributed by atoms with Crippen molar-refractivity contribution in [1.82, 2.24) is 9.97 Å². The average Bonchev–Trinajstić information content (AvgIpc) is 2.97. The molecule has 0 saturated carbocycles. The van der Waals surface area contributed by atoms with Crippen molar-refractivity contribution in [2.24, 2.45) is 0 Å². The number of aromatic nitrogens is 2. The number of nitrogens with zero attached hydrogens (tertiary/aromatic N) is 2. The van der Waals surface area contributed by atoms with Crippen LogP contribution in [0.25, 0.3) is 11.3 Å². The van der Waals surface area contributed by atoms with E-state index in [1.807, 2.05) is 17.5 Å². The van der Waals surface area contributed by atoms with Gasteiger partial charge in [0.2, 0.25) is 0 Å². The molecule has 5 nitrogen and oxygen atoms in total. The molecule has 0 fully saturated rings. The highest BCUT2D eigenvalue weighted by atomic mass is 32.1. The summed E-state index contributed by atoms with van der Waals surface area (Å²) in [6, 6.07) is 10.2. The van der Waals surface area contributed by atoms with Gasteiger partial charge in [0.1, 0.15) is 0 Å². The summed E-state index contributed by atoms with van der Waals surface area (Å²) in [7, 11) is 0. The third-order valence-electron chi connectivity index (χ3n) is 2.83. The summed E-state index contributed by atoms with van der Waals surface area (Å²) in [4.78, 5) is 19.3. The summed E-state index contributed by atoms with van der Waals surface area (Å²) in [5.41, 5.74) is 2.62. The Hall–Kier alpha value is -2.73. The lowest BCUT2D eigenvalue weighted by Crippen LogP contribution is -2.22. The molecular weight excluding hydrogens is 286 g/mol. The highest BCUT2D eigenvalue weighted by Crippen LogP contribution is 2.26. The quantitative estimate of drug-likeness (QED) is 0.799. The van der Waals surface area contributed by atoms with Gasteiger partial charge in [-0.1, -0.05) is 12.1 Å². The first-order chi connectivity index (χ1) is 10.2. The predicted octanol–water partition coefficient (Wildman–Crippen LogP) is 2.31. The first-order valence-electron chi connectivity index (χ1n) is 6.17. The fourth-order valence-electron chi connectivity index (χ4n) is 1.83. The maximum Gasteiger partial charge on any atom is 0.187 e. The van der Waals surface area contributed by atoms with E-state index in [9.17, 15) is 9.90 Å². The van der Waals surface area contributed by atoms with Crippen molar-refractivity contribution in [1.29, 1.82) is 0 Å². The standard InChI is InChI=1S/C15H11N3O2S/c19-14(20)11-2-1-3-12(8-11)17-15-18-13(9-21-15)10-4-6-16-7-5-10/h1-9H,(H,17,18)(H,19,20)/p-1. The zero-order valence-corrected chi connectivity index (χ0v) is 11.6. The minimum absolute atomic E-state index is 0.130. The maximum absolute atomic E-state index is 10.8. The molecule has 0 aliphatic rings. The van der Waals surface area contributed by atoms with Crippen LogP contribution in [0, 0.1) is 0 Å². The summed E-state index contributed by atoms with van der Waals surface area (Å²) in [5.74, 6) is -1.20. The highest BCUT2D eigenvalue weighted by Gasteiger charge is 2.05. The normalized spacial score (nSPS) is 10.3. The number of rotatable bonds is 4. The predicted molar refractivity (Wildman–Crippen MR) is 79.4 cm³/mol. The van der Waals surface area contributed by atoms with Crippen LogP contribution in [0.3, 0.4) is 0 Å². The number of carbonyl (C=O) groups is 1. The van der Waals surface area contributed by atoms with E-state index < -0.39 is 5.97 Å². The van der Waals surface area contributed by atoms with Gasteiger partial charge in [0.05, 0.1) is 11.7 Å². The van der Waals surface area contributed by atoms with Crippen LogP contribution in [0.2, 0.25) is 0 Å². The molecule has 0 saturated heterocycles. The fraction of sp³-hybridized carbons (Fsp3) is 0. The van der Waals surface area contributed by atoms with E-state index in [-0.39, 0.29) is 5.56 Å². The highest BCUT2D eigenvalue weighted by molar-refractivity contribution is 7.14. The summed E-state index contributed by atoms with van der Waals surface area (Å²) >= 11 is 1.45. The average molecular weight is 296 g/mol. The number of benzene rings is 1. The van der Waals surface area contributed by atoms with E-state index in [1.54, 1.807) is 24.5 Å². The van der Waals surface area contributed by atoms with Crippen molar-refractivity contribution in [2.75, 3.05) is 5.32 Å². The third-order valence-corrected chi connectivity index (χ3v) is 3.59. The second-order valence-corrected chi connectivity index (χ2v) is 5.13. The lowest BCUT2D eigenvalue weighted by Gasteiger charge is -2.06. The molecule has 3 rings (SSSR count). The molecule has 0 aliphatic heterocycles. The first kappa shape index (κ1) is 13.3. The number of thiazole rings is 1. The van der Waals surface area contributed by atoms with E-state index in [0.29, 0.717) is 10.8 Å². The number of anilines is 2. The second-order valence-electron chi connectivity index (χ2n) is 4.27. The van der Waals surface area contributed by atoms with Gasteiger partial charge in [0.25, 0.3) is 0 Å². The monoisotopic (exact) mass is 296 g/mol. The molecule has 1 N–H and O–H groups in total. The van der Waals surface area contributed by atoms with Crippen LogP contribution in [0.4, 0.5) is 10.8 Å². The van der Waals surface area contributed by atoms with Crippen molar-refractivity contribution in [2.45, 2.75) is 0 Å². The number of aromatic carboxylic acids is 1. The van der Waals surface area contributed by atoms with Crippen molar-refractivity contribution in [3.63, 3.8) is 0 Å². The number of pyridine rings is 1. The molecule has 0 radical (unpaired) electrons. The Balaban J connectivity index is 1.82. The molecule has 6 heteroatoms. The maximum atomic E-state index is 10.8. The lowest BCUT2D eigenvalue weighted by atomic mass is 10.2. The number of carboxylic acids is 1. The topological polar surface area (TPSA) is 77.9 Å². The third kappa shape index (κ3) is 3.06. The molecule has 0 unspecified atom stereocenters. The molecule has 2 heterocycles. The Morgan fingerprint density at radius 1 is 1.19 bits per heavy atom. The van der Waals surface area contributed by atoms with Gasteiger partial charge < -0.3 is 15.2 Å². The molecule has 0 aliphatic carbocycles. The zero-order valence-electron chi connectivity index (χ0n) is 10.8. The van der Waals surface area contributed by atoms with E-state index in [0.717, 1.165) is 11.3 Å². The fourth-order valence-corrected chi connectivity index (χ4v) is 2.57. The minimum Gasteiger partial charge on any atom is -0.545 e. The Morgan fingerprint density at radius 3 is 2.76 bits per heavy atom. The molecule has 104 valence electrons. The van der Waals surface area contributed by atoms with Gasteiger partial charge in [0.15, 0.2) is 5.13 Å². The summed E-state index contributed by atoms with van der Waals surface area (Å²) in [5, 5.41) is 16.5. The summed E-state index contributed by atoms with van der Waals surface area (Å²) in [6.07, 6.45) is 3.43. The molecular formula is C15H10N3O2S-. The van der Waals surface area contributed by atoms with Gasteiger partial charge in [-0.05, 0) is 29.8 Å². The van der Waals surface area contributed by atoms with Gasteiger partial charge in [-0.15, -0.1) is 11.3 Å².